The minimum Gasteiger partial charge on any atom is -0.378 e. The molecule has 0 aliphatic carbocycles. The highest BCUT2D eigenvalue weighted by atomic mass is 19.2. The molecule has 5 heteroatoms. The molecule has 106 valence electrons. The van der Waals surface area contributed by atoms with Crippen LogP contribution >= 0.6 is 0 Å². The molecule has 19 heavy (non-hydrogen) atoms. The number of benzene rings is 1. The largest absolute Gasteiger partial charge is 0.378 e. The van der Waals surface area contributed by atoms with Crippen LogP contribution in [0.2, 0.25) is 0 Å². The zero-order chi connectivity index (χ0) is 14.0. The topological polar surface area (TPSA) is 47.3 Å². The van der Waals surface area contributed by atoms with Crippen molar-refractivity contribution < 1.29 is 13.5 Å². The molecule has 1 aromatic rings. The minimum absolute atomic E-state index is 0.0322. The molecule has 3 atom stereocenters. The van der Waals surface area contributed by atoms with Gasteiger partial charge in [-0.2, -0.15) is 0 Å². The average molecular weight is 270 g/mol. The van der Waals surface area contributed by atoms with Gasteiger partial charge >= 0.3 is 0 Å². The Hall–Kier alpha value is -1.04. The maximum absolute atomic E-state index is 14.1. The maximum atomic E-state index is 14.1. The van der Waals surface area contributed by atoms with Crippen LogP contribution in [0.15, 0.2) is 12.1 Å². The van der Waals surface area contributed by atoms with Crippen molar-refractivity contribution in [2.24, 2.45) is 11.8 Å². The molecule has 0 radical (unpaired) electrons. The quantitative estimate of drug-likeness (QED) is 0.653. The lowest BCUT2D eigenvalue weighted by atomic mass is 9.86. The van der Waals surface area contributed by atoms with Crippen LogP contribution in [0.1, 0.15) is 36.9 Å². The van der Waals surface area contributed by atoms with Gasteiger partial charge in [-0.15, -0.1) is 0 Å². The third kappa shape index (κ3) is 2.63. The highest BCUT2D eigenvalue weighted by Crippen LogP contribution is 2.36. The summed E-state index contributed by atoms with van der Waals surface area (Å²) in [5.74, 6) is 4.01. The van der Waals surface area contributed by atoms with Crippen LogP contribution in [0.25, 0.3) is 0 Å². The van der Waals surface area contributed by atoms with E-state index in [2.05, 4.69) is 5.43 Å². The van der Waals surface area contributed by atoms with E-state index < -0.39 is 17.7 Å². The smallest absolute Gasteiger partial charge is 0.163 e. The monoisotopic (exact) mass is 270 g/mol. The zero-order valence-corrected chi connectivity index (χ0v) is 11.2. The second-order valence-corrected chi connectivity index (χ2v) is 5.01. The van der Waals surface area contributed by atoms with Crippen LogP contribution in [-0.4, -0.2) is 12.7 Å². The molecule has 2 rings (SSSR count). The molecule has 3 nitrogen and oxygen atoms in total. The summed E-state index contributed by atoms with van der Waals surface area (Å²) in [6.45, 7) is 4.20. The molecular weight excluding hydrogens is 250 g/mol. The third-order valence-corrected chi connectivity index (χ3v) is 3.91. The molecule has 1 fully saturated rings. The van der Waals surface area contributed by atoms with Gasteiger partial charge in [-0.1, -0.05) is 19.1 Å². The normalized spacial score (nSPS) is 24.7. The number of nitrogens with two attached hydrogens (primary N) is 1. The fraction of sp³-hybridized carbons (Fsp3) is 0.571. The summed E-state index contributed by atoms with van der Waals surface area (Å²) < 4.78 is 33.4. The number of halogens is 2. The maximum Gasteiger partial charge on any atom is 0.163 e. The average Bonchev–Trinajstić information content (AvgIpc) is 2.88. The lowest BCUT2D eigenvalue weighted by Crippen LogP contribution is -2.37. The van der Waals surface area contributed by atoms with Gasteiger partial charge in [0.1, 0.15) is 0 Å². The van der Waals surface area contributed by atoms with Crippen LogP contribution in [0.3, 0.4) is 0 Å². The predicted molar refractivity (Wildman–Crippen MR) is 69.3 cm³/mol. The Bertz CT molecular complexity index is 453. The van der Waals surface area contributed by atoms with Crippen molar-refractivity contribution in [2.75, 3.05) is 6.61 Å². The molecule has 1 aliphatic rings. The predicted octanol–water partition coefficient (Wildman–Crippen LogP) is 2.59. The summed E-state index contributed by atoms with van der Waals surface area (Å²) in [7, 11) is 0. The van der Waals surface area contributed by atoms with Crippen LogP contribution in [-0.2, 0) is 4.74 Å². The lowest BCUT2D eigenvalue weighted by molar-refractivity contribution is 0.0769. The van der Waals surface area contributed by atoms with Gasteiger partial charge in [-0.05, 0) is 25.3 Å². The number of hydrogen-bond acceptors (Lipinski definition) is 3. The minimum atomic E-state index is -0.815. The molecule has 0 amide bonds. The molecule has 1 saturated heterocycles. The van der Waals surface area contributed by atoms with E-state index in [-0.39, 0.29) is 17.6 Å². The number of ether oxygens (including phenoxy) is 1. The second kappa shape index (κ2) is 5.94. The number of hydrazine groups is 1. The molecule has 0 aromatic heterocycles. The second-order valence-electron chi connectivity index (χ2n) is 5.01. The number of aryl methyl sites for hydroxylation is 1. The van der Waals surface area contributed by atoms with Gasteiger partial charge in [0.2, 0.25) is 0 Å². The molecular formula is C14H20F2N2O. The number of nitrogens with one attached hydrogen (secondary N) is 1. The number of hydrogen-bond donors (Lipinski definition) is 2. The number of rotatable bonds is 4. The van der Waals surface area contributed by atoms with Gasteiger partial charge in [0.15, 0.2) is 11.6 Å². The van der Waals surface area contributed by atoms with E-state index in [4.69, 9.17) is 10.6 Å². The summed E-state index contributed by atoms with van der Waals surface area (Å²) >= 11 is 0. The van der Waals surface area contributed by atoms with Crippen molar-refractivity contribution in [3.05, 3.63) is 34.9 Å². The first kappa shape index (κ1) is 14.4. The summed E-state index contributed by atoms with van der Waals surface area (Å²) in [4.78, 5) is 0. The SMILES string of the molecule is CCC1OCCC1C(NN)c1ccc(C)c(F)c1F. The van der Waals surface area contributed by atoms with Crippen LogP contribution in [0.4, 0.5) is 8.78 Å². The van der Waals surface area contributed by atoms with Crippen LogP contribution in [0.5, 0.6) is 0 Å². The van der Waals surface area contributed by atoms with Gasteiger partial charge in [0, 0.05) is 18.1 Å². The summed E-state index contributed by atoms with van der Waals surface area (Å²) in [5, 5.41) is 0. The Kier molecular flexibility index (Phi) is 4.50. The summed E-state index contributed by atoms with van der Waals surface area (Å²) in [6.07, 6.45) is 1.66. The Labute approximate surface area is 112 Å². The summed E-state index contributed by atoms with van der Waals surface area (Å²) in [6, 6.07) is 2.75. The zero-order valence-electron chi connectivity index (χ0n) is 11.2. The van der Waals surface area contributed by atoms with Crippen molar-refractivity contribution in [1.29, 1.82) is 0 Å². The molecule has 1 aromatic carbocycles. The molecule has 3 unspecified atom stereocenters. The molecule has 0 spiro atoms. The van der Waals surface area contributed by atoms with E-state index in [1.54, 1.807) is 19.1 Å². The lowest BCUT2D eigenvalue weighted by Gasteiger charge is -2.27. The fourth-order valence-electron chi connectivity index (χ4n) is 2.81. The van der Waals surface area contributed by atoms with Gasteiger partial charge in [0.05, 0.1) is 12.1 Å². The molecule has 3 N–H and O–H groups in total. The highest BCUT2D eigenvalue weighted by molar-refractivity contribution is 5.28. The van der Waals surface area contributed by atoms with Gasteiger partial charge in [-0.25, -0.2) is 8.78 Å². The first-order valence-electron chi connectivity index (χ1n) is 6.62. The Balaban J connectivity index is 2.34. The highest BCUT2D eigenvalue weighted by Gasteiger charge is 2.35. The first-order chi connectivity index (χ1) is 9.10. The van der Waals surface area contributed by atoms with Crippen molar-refractivity contribution in [3.8, 4) is 0 Å². The van der Waals surface area contributed by atoms with E-state index in [0.29, 0.717) is 12.2 Å². The van der Waals surface area contributed by atoms with E-state index in [1.165, 1.54) is 0 Å². The fourth-order valence-corrected chi connectivity index (χ4v) is 2.81. The van der Waals surface area contributed by atoms with Gasteiger partial charge in [0.25, 0.3) is 0 Å². The van der Waals surface area contributed by atoms with Crippen molar-refractivity contribution >= 4 is 0 Å². The first-order valence-corrected chi connectivity index (χ1v) is 6.62. The van der Waals surface area contributed by atoms with Crippen LogP contribution in [0, 0.1) is 24.5 Å². The van der Waals surface area contributed by atoms with E-state index in [1.807, 2.05) is 6.92 Å². The van der Waals surface area contributed by atoms with E-state index in [9.17, 15) is 8.78 Å². The molecule has 1 aliphatic heterocycles. The Morgan fingerprint density at radius 2 is 2.16 bits per heavy atom. The van der Waals surface area contributed by atoms with Crippen molar-refractivity contribution in [1.82, 2.24) is 5.43 Å². The van der Waals surface area contributed by atoms with E-state index >= 15 is 0 Å². The van der Waals surface area contributed by atoms with Gasteiger partial charge < -0.3 is 4.74 Å². The Morgan fingerprint density at radius 1 is 1.42 bits per heavy atom. The van der Waals surface area contributed by atoms with Crippen molar-refractivity contribution in [2.45, 2.75) is 38.8 Å². The standard InChI is InChI=1S/C14H20F2N2O/c1-3-11-9(6-7-19-11)14(18-17)10-5-4-8(2)12(15)13(10)16/h4-5,9,11,14,18H,3,6-7,17H2,1-2H3. The van der Waals surface area contributed by atoms with Crippen molar-refractivity contribution in [3.63, 3.8) is 0 Å². The third-order valence-electron chi connectivity index (χ3n) is 3.91. The summed E-state index contributed by atoms with van der Waals surface area (Å²) in [5.41, 5.74) is 3.20. The molecule has 0 saturated carbocycles. The molecule has 1 heterocycles. The van der Waals surface area contributed by atoms with Crippen LogP contribution < -0.4 is 11.3 Å². The van der Waals surface area contributed by atoms with E-state index in [0.717, 1.165) is 12.8 Å². The molecule has 0 bridgehead atoms. The van der Waals surface area contributed by atoms with Gasteiger partial charge in [-0.3, -0.25) is 11.3 Å². The Morgan fingerprint density at radius 3 is 2.79 bits per heavy atom.